The standard InChI is InChI=1S/C12H16INO6/c13-14-9(12(19)20-6-8(16)5-15)3-7-1-2-10(17)11(18)4-7/h1-2,4,8-9,14-18H,3,5-6H2/t8-,9-/m0/s1. The smallest absolute Gasteiger partial charge is 0.324 e. The van der Waals surface area contributed by atoms with Gasteiger partial charge in [-0.05, 0) is 24.1 Å². The van der Waals surface area contributed by atoms with E-state index in [0.717, 1.165) is 0 Å². The van der Waals surface area contributed by atoms with E-state index in [0.29, 0.717) is 5.56 Å². The first-order valence-corrected chi connectivity index (χ1v) is 6.88. The third-order valence-electron chi connectivity index (χ3n) is 2.52. The second-order valence-corrected chi connectivity index (χ2v) is 4.78. The molecule has 0 spiro atoms. The van der Waals surface area contributed by atoms with Crippen LogP contribution in [0.2, 0.25) is 0 Å². The third-order valence-corrected chi connectivity index (χ3v) is 3.28. The fraction of sp³-hybridized carbons (Fsp3) is 0.417. The second-order valence-electron chi connectivity index (χ2n) is 4.16. The molecule has 0 aromatic heterocycles. The van der Waals surface area contributed by atoms with Crippen molar-refractivity contribution in [2.24, 2.45) is 0 Å². The number of aliphatic hydroxyl groups excluding tert-OH is 2. The lowest BCUT2D eigenvalue weighted by molar-refractivity contribution is -0.149. The lowest BCUT2D eigenvalue weighted by atomic mass is 10.1. The first-order chi connectivity index (χ1) is 9.47. The third kappa shape index (κ3) is 5.12. The van der Waals surface area contributed by atoms with Crippen LogP contribution in [0.3, 0.4) is 0 Å². The number of aliphatic hydroxyl groups is 2. The summed E-state index contributed by atoms with van der Waals surface area (Å²) >= 11 is 1.80. The van der Waals surface area contributed by atoms with E-state index in [1.54, 1.807) is 28.9 Å². The molecule has 1 aromatic rings. The molecule has 0 aliphatic carbocycles. The van der Waals surface area contributed by atoms with Gasteiger partial charge < -0.3 is 25.2 Å². The Morgan fingerprint density at radius 3 is 2.60 bits per heavy atom. The first kappa shape index (κ1) is 17.0. The fourth-order valence-corrected chi connectivity index (χ4v) is 1.90. The predicted molar refractivity (Wildman–Crippen MR) is 78.5 cm³/mol. The molecule has 0 bridgehead atoms. The molecule has 0 radical (unpaired) electrons. The highest BCUT2D eigenvalue weighted by atomic mass is 127. The number of halogens is 1. The van der Waals surface area contributed by atoms with Crippen LogP contribution < -0.4 is 3.53 Å². The zero-order valence-electron chi connectivity index (χ0n) is 10.5. The Hall–Kier alpha value is -1.10. The van der Waals surface area contributed by atoms with Crippen molar-refractivity contribution in [1.82, 2.24) is 3.53 Å². The van der Waals surface area contributed by atoms with Gasteiger partial charge in [0.05, 0.1) is 6.61 Å². The van der Waals surface area contributed by atoms with Gasteiger partial charge in [0.2, 0.25) is 0 Å². The normalized spacial score (nSPS) is 13.8. The number of carbonyl (C=O) groups excluding carboxylic acids is 1. The zero-order valence-corrected chi connectivity index (χ0v) is 12.6. The summed E-state index contributed by atoms with van der Waals surface area (Å²) in [6.45, 7) is -0.771. The molecule has 0 fully saturated rings. The Morgan fingerprint density at radius 2 is 2.05 bits per heavy atom. The SMILES string of the molecule is O=C(OC[C@@H](O)CO)[C@H](Cc1ccc(O)c(O)c1)NI. The minimum atomic E-state index is -1.11. The Kier molecular flexibility index (Phi) is 6.99. The van der Waals surface area contributed by atoms with Gasteiger partial charge in [0.25, 0.3) is 0 Å². The quantitative estimate of drug-likeness (QED) is 0.188. The van der Waals surface area contributed by atoms with Gasteiger partial charge in [-0.3, -0.25) is 4.79 Å². The number of aromatic hydroxyl groups is 2. The lowest BCUT2D eigenvalue weighted by Gasteiger charge is -2.16. The van der Waals surface area contributed by atoms with Crippen LogP contribution in [0.4, 0.5) is 0 Å². The zero-order chi connectivity index (χ0) is 15.1. The molecule has 1 aromatic carbocycles. The molecule has 0 amide bonds. The van der Waals surface area contributed by atoms with Gasteiger partial charge >= 0.3 is 5.97 Å². The second kappa shape index (κ2) is 8.25. The van der Waals surface area contributed by atoms with Crippen molar-refractivity contribution >= 4 is 28.8 Å². The van der Waals surface area contributed by atoms with Gasteiger partial charge in [0.1, 0.15) is 18.8 Å². The topological polar surface area (TPSA) is 119 Å². The molecule has 1 rings (SSSR count). The number of hydrogen-bond acceptors (Lipinski definition) is 7. The number of rotatable bonds is 7. The van der Waals surface area contributed by atoms with Gasteiger partial charge in [-0.2, -0.15) is 0 Å². The minimum absolute atomic E-state index is 0.235. The average molecular weight is 397 g/mol. The number of benzene rings is 1. The van der Waals surface area contributed by atoms with Crippen LogP contribution in [0, 0.1) is 0 Å². The maximum absolute atomic E-state index is 11.8. The van der Waals surface area contributed by atoms with E-state index in [4.69, 9.17) is 14.9 Å². The number of phenolic OH excluding ortho intramolecular Hbond substituents is 2. The minimum Gasteiger partial charge on any atom is -0.504 e. The maximum atomic E-state index is 11.8. The fourth-order valence-electron chi connectivity index (χ4n) is 1.43. The number of ether oxygens (including phenoxy) is 1. The number of phenols is 2. The molecular formula is C12H16INO6. The number of nitrogens with one attached hydrogen (secondary N) is 1. The van der Waals surface area contributed by atoms with E-state index in [1.807, 2.05) is 0 Å². The van der Waals surface area contributed by atoms with E-state index in [1.165, 1.54) is 12.1 Å². The summed E-state index contributed by atoms with van der Waals surface area (Å²) in [4.78, 5) is 11.8. The van der Waals surface area contributed by atoms with Crippen molar-refractivity contribution < 1.29 is 30.0 Å². The van der Waals surface area contributed by atoms with Crippen LogP contribution in [0.25, 0.3) is 0 Å². The molecule has 2 atom stereocenters. The predicted octanol–water partition coefficient (Wildman–Crippen LogP) is -0.155. The van der Waals surface area contributed by atoms with Crippen LogP contribution in [0.1, 0.15) is 5.56 Å². The Balaban J connectivity index is 2.61. The summed E-state index contributed by atoms with van der Waals surface area (Å²) < 4.78 is 7.58. The lowest BCUT2D eigenvalue weighted by Crippen LogP contribution is -2.36. The molecule has 0 unspecified atom stereocenters. The van der Waals surface area contributed by atoms with Gasteiger partial charge in [0, 0.05) is 22.9 Å². The highest BCUT2D eigenvalue weighted by molar-refractivity contribution is 14.1. The van der Waals surface area contributed by atoms with Crippen LogP contribution in [-0.2, 0) is 16.0 Å². The number of carbonyl (C=O) groups is 1. The van der Waals surface area contributed by atoms with E-state index < -0.39 is 24.7 Å². The molecule has 0 aliphatic heterocycles. The van der Waals surface area contributed by atoms with E-state index in [2.05, 4.69) is 3.53 Å². The van der Waals surface area contributed by atoms with Crippen molar-refractivity contribution in [2.75, 3.05) is 13.2 Å². The molecule has 0 saturated carbocycles. The van der Waals surface area contributed by atoms with Crippen molar-refractivity contribution in [1.29, 1.82) is 0 Å². The summed E-state index contributed by atoms with van der Waals surface area (Å²) in [5.41, 5.74) is 0.633. The van der Waals surface area contributed by atoms with Crippen LogP contribution >= 0.6 is 22.9 Å². The van der Waals surface area contributed by atoms with Crippen LogP contribution in [-0.4, -0.2) is 51.8 Å². The van der Waals surface area contributed by atoms with Crippen molar-refractivity contribution in [3.05, 3.63) is 23.8 Å². The largest absolute Gasteiger partial charge is 0.504 e. The molecule has 7 nitrogen and oxygen atoms in total. The number of hydrogen-bond donors (Lipinski definition) is 5. The Bertz CT molecular complexity index is 456. The van der Waals surface area contributed by atoms with Crippen molar-refractivity contribution in [3.8, 4) is 11.5 Å². The highest BCUT2D eigenvalue weighted by Crippen LogP contribution is 2.25. The summed E-state index contributed by atoms with van der Waals surface area (Å²) in [5.74, 6) is -1.08. The monoisotopic (exact) mass is 397 g/mol. The molecule has 20 heavy (non-hydrogen) atoms. The summed E-state index contributed by atoms with van der Waals surface area (Å²) in [6.07, 6.45) is -0.864. The summed E-state index contributed by atoms with van der Waals surface area (Å²) in [6, 6.07) is 3.58. The molecule has 5 N–H and O–H groups in total. The Morgan fingerprint density at radius 1 is 1.35 bits per heavy atom. The van der Waals surface area contributed by atoms with E-state index >= 15 is 0 Å². The summed E-state index contributed by atoms with van der Waals surface area (Å²) in [5, 5.41) is 36.3. The Labute approximate surface area is 129 Å². The molecule has 0 saturated heterocycles. The number of esters is 1. The molecule has 8 heteroatoms. The van der Waals surface area contributed by atoms with Gasteiger partial charge in [-0.15, -0.1) is 0 Å². The first-order valence-electron chi connectivity index (χ1n) is 5.80. The van der Waals surface area contributed by atoms with Crippen molar-refractivity contribution in [3.63, 3.8) is 0 Å². The van der Waals surface area contributed by atoms with Gasteiger partial charge in [0.15, 0.2) is 11.5 Å². The molecule has 0 heterocycles. The van der Waals surface area contributed by atoms with Crippen LogP contribution in [0.5, 0.6) is 11.5 Å². The molecule has 0 aliphatic rings. The highest BCUT2D eigenvalue weighted by Gasteiger charge is 2.20. The van der Waals surface area contributed by atoms with E-state index in [-0.39, 0.29) is 24.5 Å². The van der Waals surface area contributed by atoms with Gasteiger partial charge in [-0.25, -0.2) is 3.53 Å². The van der Waals surface area contributed by atoms with Crippen LogP contribution in [0.15, 0.2) is 18.2 Å². The van der Waals surface area contributed by atoms with Gasteiger partial charge in [-0.1, -0.05) is 6.07 Å². The molecular weight excluding hydrogens is 381 g/mol. The average Bonchev–Trinajstić information content (AvgIpc) is 2.45. The summed E-state index contributed by atoms with van der Waals surface area (Å²) in [7, 11) is 0. The molecule has 112 valence electrons. The van der Waals surface area contributed by atoms with E-state index in [9.17, 15) is 15.0 Å². The maximum Gasteiger partial charge on any atom is 0.324 e. The van der Waals surface area contributed by atoms with Crippen molar-refractivity contribution in [2.45, 2.75) is 18.6 Å².